The minimum Gasteiger partial charge on any atom is -0.507 e. The van der Waals surface area contributed by atoms with E-state index >= 15 is 0 Å². The fourth-order valence-corrected chi connectivity index (χ4v) is 4.29. The number of para-hydroxylation sites is 1. The average molecular weight is 422 g/mol. The van der Waals surface area contributed by atoms with Gasteiger partial charge in [0.15, 0.2) is 0 Å². The molecule has 0 aliphatic carbocycles. The third-order valence-corrected chi connectivity index (χ3v) is 6.00. The van der Waals surface area contributed by atoms with Crippen LogP contribution in [0.5, 0.6) is 0 Å². The highest BCUT2D eigenvalue weighted by Gasteiger charge is 2.47. The molecule has 4 aromatic rings. The van der Waals surface area contributed by atoms with E-state index in [0.717, 1.165) is 27.6 Å². The number of nitrogens with one attached hydrogen (secondary N) is 1. The molecule has 0 spiro atoms. The fraction of sp³-hybridized carbons (Fsp3) is 0.111. The number of carbonyl (C=O) groups excluding carboxylic acids is 2. The summed E-state index contributed by atoms with van der Waals surface area (Å²) >= 11 is 0. The van der Waals surface area contributed by atoms with Gasteiger partial charge in [0.05, 0.1) is 11.6 Å². The summed E-state index contributed by atoms with van der Waals surface area (Å²) in [7, 11) is 0. The second-order valence-electron chi connectivity index (χ2n) is 8.16. The number of nitrogens with zero attached hydrogens (tertiary/aromatic N) is 1. The molecule has 32 heavy (non-hydrogen) atoms. The number of H-pyrrole nitrogens is 1. The van der Waals surface area contributed by atoms with Crippen molar-refractivity contribution in [3.8, 4) is 0 Å². The third kappa shape index (κ3) is 3.10. The van der Waals surface area contributed by atoms with Gasteiger partial charge in [-0.15, -0.1) is 0 Å². The number of aromatic nitrogens is 1. The van der Waals surface area contributed by atoms with Gasteiger partial charge in [-0.05, 0) is 32.0 Å². The number of carbonyl (C=O) groups is 2. The number of benzene rings is 3. The summed E-state index contributed by atoms with van der Waals surface area (Å²) in [6.07, 6.45) is 1.81. The molecule has 5 heteroatoms. The highest BCUT2D eigenvalue weighted by Crippen LogP contribution is 2.44. The number of hydrogen-bond donors (Lipinski definition) is 2. The lowest BCUT2D eigenvalue weighted by molar-refractivity contribution is -0.132. The minimum absolute atomic E-state index is 0.0872. The number of ketones is 1. The predicted octanol–water partition coefficient (Wildman–Crippen LogP) is 5.41. The lowest BCUT2D eigenvalue weighted by Crippen LogP contribution is -2.29. The van der Waals surface area contributed by atoms with Gasteiger partial charge in [0, 0.05) is 33.9 Å². The van der Waals surface area contributed by atoms with Crippen molar-refractivity contribution in [1.29, 1.82) is 0 Å². The second-order valence-corrected chi connectivity index (χ2v) is 8.16. The minimum atomic E-state index is -0.754. The number of aliphatic hydroxyl groups excluding tert-OH is 1. The van der Waals surface area contributed by atoms with Crippen LogP contribution in [-0.4, -0.2) is 21.8 Å². The molecule has 158 valence electrons. The predicted molar refractivity (Wildman–Crippen MR) is 125 cm³/mol. The quantitative estimate of drug-likeness (QED) is 0.263. The molecule has 1 aliphatic heterocycles. The highest BCUT2D eigenvalue weighted by molar-refractivity contribution is 6.51. The number of Topliss-reactive ketones (excluding diaryl/α,β-unsaturated/α-hetero) is 1. The van der Waals surface area contributed by atoms with Crippen LogP contribution in [0.1, 0.15) is 28.3 Å². The monoisotopic (exact) mass is 422 g/mol. The highest BCUT2D eigenvalue weighted by atomic mass is 16.3. The van der Waals surface area contributed by atoms with Gasteiger partial charge in [0.2, 0.25) is 0 Å². The van der Waals surface area contributed by atoms with Gasteiger partial charge < -0.3 is 10.1 Å². The van der Waals surface area contributed by atoms with Gasteiger partial charge in [0.1, 0.15) is 5.76 Å². The largest absolute Gasteiger partial charge is 0.507 e. The van der Waals surface area contributed by atoms with Crippen molar-refractivity contribution in [2.75, 3.05) is 4.90 Å². The standard InChI is InChI=1S/C27H22N2O3/c1-16-7-11-18(12-8-16)25(30)23-24(21-15-28-22-6-4-3-5-20(21)22)29(27(32)26(23)31)19-13-9-17(2)10-14-19/h3-15,24,28,30H,1-2H3/b25-23+. The summed E-state index contributed by atoms with van der Waals surface area (Å²) in [6.45, 7) is 3.92. The maximum absolute atomic E-state index is 13.3. The van der Waals surface area contributed by atoms with Crippen LogP contribution in [-0.2, 0) is 9.59 Å². The number of aromatic amines is 1. The molecule has 1 amide bonds. The average Bonchev–Trinajstić information content (AvgIpc) is 3.33. The third-order valence-electron chi connectivity index (χ3n) is 6.00. The molecule has 5 rings (SSSR count). The molecule has 1 atom stereocenters. The second kappa shape index (κ2) is 7.54. The Morgan fingerprint density at radius 2 is 1.50 bits per heavy atom. The number of anilines is 1. The molecule has 1 fully saturated rings. The molecular formula is C27H22N2O3. The maximum Gasteiger partial charge on any atom is 0.300 e. The topological polar surface area (TPSA) is 73.4 Å². The lowest BCUT2D eigenvalue weighted by Gasteiger charge is -2.25. The molecule has 3 aromatic carbocycles. The summed E-state index contributed by atoms with van der Waals surface area (Å²) in [6, 6.07) is 21.7. The lowest BCUT2D eigenvalue weighted by atomic mass is 9.94. The first-order chi connectivity index (χ1) is 15.5. The van der Waals surface area contributed by atoms with E-state index in [1.165, 1.54) is 4.90 Å². The Hall–Kier alpha value is -4.12. The number of amides is 1. The molecule has 1 unspecified atom stereocenters. The Kier molecular flexibility index (Phi) is 4.67. The first-order valence-corrected chi connectivity index (χ1v) is 10.5. The van der Waals surface area contributed by atoms with Crippen molar-refractivity contribution in [3.05, 3.63) is 107 Å². The number of fused-ring (bicyclic) bond motifs is 1. The Balaban J connectivity index is 1.77. The first kappa shape index (κ1) is 19.8. The summed E-state index contributed by atoms with van der Waals surface area (Å²) in [5.41, 5.74) is 4.94. The van der Waals surface area contributed by atoms with Crippen molar-refractivity contribution in [2.45, 2.75) is 19.9 Å². The van der Waals surface area contributed by atoms with Crippen LogP contribution < -0.4 is 4.90 Å². The van der Waals surface area contributed by atoms with E-state index in [9.17, 15) is 14.7 Å². The van der Waals surface area contributed by atoms with Gasteiger partial charge in [0.25, 0.3) is 11.7 Å². The van der Waals surface area contributed by atoms with Crippen molar-refractivity contribution >= 4 is 34.0 Å². The zero-order valence-electron chi connectivity index (χ0n) is 17.8. The normalized spacial score (nSPS) is 17.9. The summed E-state index contributed by atoms with van der Waals surface area (Å²) in [5.74, 6) is -1.52. The van der Waals surface area contributed by atoms with Crippen molar-refractivity contribution in [3.63, 3.8) is 0 Å². The van der Waals surface area contributed by atoms with E-state index in [1.54, 1.807) is 12.1 Å². The van der Waals surface area contributed by atoms with Gasteiger partial charge in [-0.25, -0.2) is 0 Å². The first-order valence-electron chi connectivity index (χ1n) is 10.5. The van der Waals surface area contributed by atoms with Crippen LogP contribution in [0.3, 0.4) is 0 Å². The number of rotatable bonds is 3. The van der Waals surface area contributed by atoms with Crippen LogP contribution in [0.2, 0.25) is 0 Å². The Labute approximate surface area is 185 Å². The maximum atomic E-state index is 13.3. The molecule has 5 nitrogen and oxygen atoms in total. The fourth-order valence-electron chi connectivity index (χ4n) is 4.29. The molecule has 0 bridgehead atoms. The molecule has 2 N–H and O–H groups in total. The van der Waals surface area contributed by atoms with Gasteiger partial charge in [-0.1, -0.05) is 65.7 Å². The summed E-state index contributed by atoms with van der Waals surface area (Å²) < 4.78 is 0. The van der Waals surface area contributed by atoms with E-state index in [-0.39, 0.29) is 11.3 Å². The summed E-state index contributed by atoms with van der Waals surface area (Å²) in [4.78, 5) is 31.2. The van der Waals surface area contributed by atoms with Crippen LogP contribution in [0.4, 0.5) is 5.69 Å². The van der Waals surface area contributed by atoms with Crippen LogP contribution in [0.25, 0.3) is 16.7 Å². The smallest absolute Gasteiger partial charge is 0.300 e. The van der Waals surface area contributed by atoms with Crippen molar-refractivity contribution < 1.29 is 14.7 Å². The Morgan fingerprint density at radius 1 is 0.875 bits per heavy atom. The molecule has 1 aliphatic rings. The number of hydrogen-bond acceptors (Lipinski definition) is 3. The zero-order chi connectivity index (χ0) is 22.4. The molecule has 0 saturated carbocycles. The number of aliphatic hydroxyl groups is 1. The van der Waals surface area contributed by atoms with E-state index in [2.05, 4.69) is 4.98 Å². The molecule has 0 radical (unpaired) electrons. The molecule has 1 aromatic heterocycles. The van der Waals surface area contributed by atoms with Gasteiger partial charge >= 0.3 is 0 Å². The zero-order valence-corrected chi connectivity index (χ0v) is 17.8. The van der Waals surface area contributed by atoms with E-state index < -0.39 is 17.7 Å². The van der Waals surface area contributed by atoms with E-state index in [4.69, 9.17) is 0 Å². The molecule has 1 saturated heterocycles. The van der Waals surface area contributed by atoms with Crippen molar-refractivity contribution in [2.24, 2.45) is 0 Å². The SMILES string of the molecule is Cc1ccc(/C(O)=C2\C(=O)C(=O)N(c3ccc(C)cc3)C2c2c[nH]c3ccccc23)cc1. The molecular weight excluding hydrogens is 400 g/mol. The van der Waals surface area contributed by atoms with Crippen LogP contribution >= 0.6 is 0 Å². The Morgan fingerprint density at radius 3 is 2.19 bits per heavy atom. The van der Waals surface area contributed by atoms with Gasteiger partial charge in [-0.3, -0.25) is 14.5 Å². The van der Waals surface area contributed by atoms with Gasteiger partial charge in [-0.2, -0.15) is 0 Å². The van der Waals surface area contributed by atoms with Crippen LogP contribution in [0, 0.1) is 13.8 Å². The summed E-state index contributed by atoms with van der Waals surface area (Å²) in [5, 5.41) is 12.1. The van der Waals surface area contributed by atoms with E-state index in [1.807, 2.05) is 80.7 Å². The van der Waals surface area contributed by atoms with Crippen molar-refractivity contribution in [1.82, 2.24) is 4.98 Å². The number of aryl methyl sites for hydroxylation is 2. The molecule has 2 heterocycles. The van der Waals surface area contributed by atoms with Crippen LogP contribution in [0.15, 0.2) is 84.6 Å². The van der Waals surface area contributed by atoms with E-state index in [0.29, 0.717) is 11.3 Å². The Bertz CT molecular complexity index is 1380.